The Bertz CT molecular complexity index is 702. The van der Waals surface area contributed by atoms with Crippen LogP contribution in [0.2, 0.25) is 0 Å². The van der Waals surface area contributed by atoms with E-state index in [9.17, 15) is 9.90 Å². The van der Waals surface area contributed by atoms with E-state index in [0.29, 0.717) is 10.8 Å². The molecule has 0 unspecified atom stereocenters. The summed E-state index contributed by atoms with van der Waals surface area (Å²) in [6, 6.07) is 0. The first-order chi connectivity index (χ1) is 11.5. The Kier molecular flexibility index (Phi) is 5.12. The highest BCUT2D eigenvalue weighted by molar-refractivity contribution is 7.12. The van der Waals surface area contributed by atoms with Gasteiger partial charge in [0.25, 0.3) is 0 Å². The van der Waals surface area contributed by atoms with Crippen LogP contribution >= 0.6 is 11.3 Å². The van der Waals surface area contributed by atoms with Crippen LogP contribution < -0.4 is 0 Å². The number of carbonyl (C=O) groups is 1. The topological polar surface area (TPSA) is 40.5 Å². The van der Waals surface area contributed by atoms with Crippen LogP contribution in [0.15, 0.2) is 11.0 Å². The third kappa shape index (κ3) is 3.29. The zero-order valence-electron chi connectivity index (χ0n) is 14.5. The number of carboxylic acids is 1. The first-order valence-corrected chi connectivity index (χ1v) is 9.61. The minimum Gasteiger partial charge on any atom is -0.477 e. The molecule has 1 aromatic heterocycles. The van der Waals surface area contributed by atoms with E-state index in [0.717, 1.165) is 36.6 Å². The van der Waals surface area contributed by atoms with E-state index in [1.807, 2.05) is 5.38 Å². The molecule has 2 aliphatic rings. The Labute approximate surface area is 148 Å². The van der Waals surface area contributed by atoms with Crippen LogP contribution in [0.25, 0.3) is 5.57 Å². The lowest BCUT2D eigenvalue weighted by molar-refractivity contribution is 0.0701. The van der Waals surface area contributed by atoms with E-state index in [1.54, 1.807) is 0 Å². The van der Waals surface area contributed by atoms with Gasteiger partial charge in [-0.15, -0.1) is 17.8 Å². The lowest BCUT2D eigenvalue weighted by atomic mass is 9.75. The number of nitrogens with zero attached hydrogens (tertiary/aromatic N) is 1. The molecule has 0 aromatic carbocycles. The van der Waals surface area contributed by atoms with Crippen molar-refractivity contribution in [1.82, 2.24) is 4.90 Å². The van der Waals surface area contributed by atoms with Gasteiger partial charge in [0.05, 0.1) is 0 Å². The molecule has 1 fully saturated rings. The molecule has 1 saturated carbocycles. The fourth-order valence-corrected chi connectivity index (χ4v) is 5.01. The quantitative estimate of drug-likeness (QED) is 0.830. The summed E-state index contributed by atoms with van der Waals surface area (Å²) in [4.78, 5) is 14.4. The molecule has 0 radical (unpaired) electrons. The fourth-order valence-electron chi connectivity index (χ4n) is 4.13. The molecule has 4 heteroatoms. The Morgan fingerprint density at radius 1 is 1.38 bits per heavy atom. The number of hydrogen-bond donors (Lipinski definition) is 1. The summed E-state index contributed by atoms with van der Waals surface area (Å²) in [6.45, 7) is 4.17. The molecule has 0 amide bonds. The minimum absolute atomic E-state index is 0.398. The molecule has 3 rings (SSSR count). The van der Waals surface area contributed by atoms with Gasteiger partial charge in [-0.1, -0.05) is 31.3 Å². The van der Waals surface area contributed by atoms with Gasteiger partial charge in [-0.3, -0.25) is 0 Å². The third-order valence-electron chi connectivity index (χ3n) is 5.53. The highest BCUT2D eigenvalue weighted by atomic mass is 32.1. The van der Waals surface area contributed by atoms with Gasteiger partial charge < -0.3 is 10.0 Å². The second-order valence-electron chi connectivity index (χ2n) is 7.25. The van der Waals surface area contributed by atoms with Gasteiger partial charge >= 0.3 is 5.97 Å². The molecular formula is C20H25NO2S. The molecule has 0 spiro atoms. The SMILES string of the molecule is C#Cc1csc(C(=O)O)c1C1=C(C2CCC(C)CC2)CCN(C)C1. The summed E-state index contributed by atoms with van der Waals surface area (Å²) in [5.74, 6) is 3.25. The smallest absolute Gasteiger partial charge is 0.346 e. The van der Waals surface area contributed by atoms with Crippen LogP contribution in [0, 0.1) is 24.2 Å². The summed E-state index contributed by atoms with van der Waals surface area (Å²) in [7, 11) is 2.10. The molecule has 0 atom stereocenters. The maximum Gasteiger partial charge on any atom is 0.346 e. The maximum atomic E-state index is 11.7. The minimum atomic E-state index is -0.867. The lowest BCUT2D eigenvalue weighted by Crippen LogP contribution is -2.30. The predicted octanol–water partition coefficient (Wildman–Crippen LogP) is 4.34. The predicted molar refractivity (Wildman–Crippen MR) is 99.4 cm³/mol. The fraction of sp³-hybridized carbons (Fsp3) is 0.550. The number of hydrogen-bond acceptors (Lipinski definition) is 3. The second kappa shape index (κ2) is 7.13. The van der Waals surface area contributed by atoms with E-state index in [-0.39, 0.29) is 0 Å². The van der Waals surface area contributed by atoms with E-state index in [2.05, 4.69) is 24.8 Å². The number of aromatic carboxylic acids is 1. The number of carboxylic acid groups (broad SMARTS) is 1. The van der Waals surface area contributed by atoms with Crippen LogP contribution in [-0.4, -0.2) is 36.1 Å². The maximum absolute atomic E-state index is 11.7. The standard InChI is InChI=1S/C20H25NO2S/c1-4-14-12-24-19(20(22)23)18(14)17-11-21(3)10-9-16(17)15-7-5-13(2)6-8-15/h1,12-13,15H,5-11H2,2-3H3,(H,22,23). The Morgan fingerprint density at radius 2 is 2.08 bits per heavy atom. The van der Waals surface area contributed by atoms with Crippen molar-refractivity contribution in [2.45, 2.75) is 39.0 Å². The van der Waals surface area contributed by atoms with Gasteiger partial charge in [-0.2, -0.15) is 0 Å². The average molecular weight is 343 g/mol. The molecule has 24 heavy (non-hydrogen) atoms. The highest BCUT2D eigenvalue weighted by Gasteiger charge is 2.30. The molecule has 1 N–H and O–H groups in total. The number of rotatable bonds is 3. The highest BCUT2D eigenvalue weighted by Crippen LogP contribution is 2.42. The summed E-state index contributed by atoms with van der Waals surface area (Å²) in [5.41, 5.74) is 4.21. The Morgan fingerprint density at radius 3 is 2.71 bits per heavy atom. The normalized spacial score (nSPS) is 25.5. The molecule has 1 aliphatic heterocycles. The number of thiophene rings is 1. The van der Waals surface area contributed by atoms with Crippen molar-refractivity contribution in [3.8, 4) is 12.3 Å². The van der Waals surface area contributed by atoms with Gasteiger partial charge in [0.1, 0.15) is 4.88 Å². The first kappa shape index (κ1) is 17.3. The van der Waals surface area contributed by atoms with Gasteiger partial charge in [-0.25, -0.2) is 4.79 Å². The van der Waals surface area contributed by atoms with Gasteiger partial charge in [0, 0.05) is 29.6 Å². The summed E-state index contributed by atoms with van der Waals surface area (Å²) >= 11 is 1.26. The number of likely N-dealkylation sites (N-methyl/N-ethyl adjacent to an activating group) is 1. The van der Waals surface area contributed by atoms with E-state index in [4.69, 9.17) is 6.42 Å². The molecule has 0 bridgehead atoms. The van der Waals surface area contributed by atoms with Gasteiger partial charge in [0.15, 0.2) is 0 Å². The Balaban J connectivity index is 2.08. The van der Waals surface area contributed by atoms with Crippen molar-refractivity contribution in [1.29, 1.82) is 0 Å². The van der Waals surface area contributed by atoms with E-state index < -0.39 is 5.97 Å². The molecule has 1 aromatic rings. The summed E-state index contributed by atoms with van der Waals surface area (Å²) in [5, 5.41) is 11.4. The van der Waals surface area contributed by atoms with Crippen molar-refractivity contribution < 1.29 is 9.90 Å². The molecule has 0 saturated heterocycles. The zero-order valence-corrected chi connectivity index (χ0v) is 15.3. The van der Waals surface area contributed by atoms with Crippen LogP contribution in [0.5, 0.6) is 0 Å². The van der Waals surface area contributed by atoms with Crippen molar-refractivity contribution in [3.63, 3.8) is 0 Å². The van der Waals surface area contributed by atoms with Crippen molar-refractivity contribution >= 4 is 22.9 Å². The summed E-state index contributed by atoms with van der Waals surface area (Å²) < 4.78 is 0. The first-order valence-electron chi connectivity index (χ1n) is 8.73. The summed E-state index contributed by atoms with van der Waals surface area (Å²) in [6.07, 6.45) is 11.7. The largest absolute Gasteiger partial charge is 0.477 e. The molecule has 1 aliphatic carbocycles. The average Bonchev–Trinajstić information content (AvgIpc) is 3.00. The lowest BCUT2D eigenvalue weighted by Gasteiger charge is -2.35. The van der Waals surface area contributed by atoms with Crippen molar-refractivity contribution in [2.75, 3.05) is 20.1 Å². The second-order valence-corrected chi connectivity index (χ2v) is 8.13. The van der Waals surface area contributed by atoms with Crippen LogP contribution in [-0.2, 0) is 0 Å². The Hall–Kier alpha value is -1.57. The van der Waals surface area contributed by atoms with Gasteiger partial charge in [-0.05, 0) is 43.7 Å². The van der Waals surface area contributed by atoms with Crippen molar-refractivity contribution in [2.24, 2.45) is 11.8 Å². The van der Waals surface area contributed by atoms with Crippen LogP contribution in [0.1, 0.15) is 59.8 Å². The van der Waals surface area contributed by atoms with Crippen molar-refractivity contribution in [3.05, 3.63) is 27.0 Å². The third-order valence-corrected chi connectivity index (χ3v) is 6.50. The molecule has 2 heterocycles. The molecular weight excluding hydrogens is 318 g/mol. The van der Waals surface area contributed by atoms with Crippen LogP contribution in [0.4, 0.5) is 0 Å². The number of terminal acetylenes is 1. The molecule has 128 valence electrons. The molecule has 3 nitrogen and oxygen atoms in total. The van der Waals surface area contributed by atoms with E-state index >= 15 is 0 Å². The zero-order chi connectivity index (χ0) is 17.3. The van der Waals surface area contributed by atoms with E-state index in [1.165, 1.54) is 48.2 Å². The van der Waals surface area contributed by atoms with Gasteiger partial charge in [0.2, 0.25) is 0 Å². The monoisotopic (exact) mass is 343 g/mol. The van der Waals surface area contributed by atoms with Crippen LogP contribution in [0.3, 0.4) is 0 Å².